The Labute approximate surface area is 97.8 Å². The topological polar surface area (TPSA) is 63.6 Å². The van der Waals surface area contributed by atoms with Gasteiger partial charge in [0.2, 0.25) is 0 Å². The molecule has 0 saturated carbocycles. The Hall–Kier alpha value is -1.55. The number of rotatable bonds is 4. The Bertz CT molecular complexity index is 414. The van der Waals surface area contributed by atoms with Gasteiger partial charge in [0.15, 0.2) is 5.78 Å². The second kappa shape index (κ2) is 5.51. The van der Waals surface area contributed by atoms with Crippen molar-refractivity contribution < 1.29 is 19.4 Å². The smallest absolute Gasteiger partial charge is 0.305 e. The monoisotopic (exact) mass is 242 g/mol. The summed E-state index contributed by atoms with van der Waals surface area (Å²) in [6, 6.07) is 4.19. The molecule has 16 heavy (non-hydrogen) atoms. The molecule has 0 saturated heterocycles. The third-order valence-electron chi connectivity index (χ3n) is 2.04. The lowest BCUT2D eigenvalue weighted by Crippen LogP contribution is -2.06. The number of carbonyl (C=O) groups is 2. The Morgan fingerprint density at radius 1 is 1.38 bits per heavy atom. The van der Waals surface area contributed by atoms with Crippen molar-refractivity contribution in [3.63, 3.8) is 0 Å². The summed E-state index contributed by atoms with van der Waals surface area (Å²) in [5, 5.41) is 9.79. The van der Waals surface area contributed by atoms with E-state index in [2.05, 4.69) is 4.74 Å². The number of ketones is 1. The van der Waals surface area contributed by atoms with Gasteiger partial charge in [0.1, 0.15) is 5.75 Å². The van der Waals surface area contributed by atoms with Crippen LogP contribution in [0.3, 0.4) is 0 Å². The van der Waals surface area contributed by atoms with Crippen molar-refractivity contribution in [1.29, 1.82) is 0 Å². The van der Waals surface area contributed by atoms with Gasteiger partial charge in [0.05, 0.1) is 19.1 Å². The molecule has 0 radical (unpaired) electrons. The van der Waals surface area contributed by atoms with Gasteiger partial charge in [-0.15, -0.1) is 0 Å². The minimum Gasteiger partial charge on any atom is -0.507 e. The first-order valence-electron chi connectivity index (χ1n) is 4.63. The van der Waals surface area contributed by atoms with Gasteiger partial charge in [-0.05, 0) is 18.2 Å². The average molecular weight is 243 g/mol. The van der Waals surface area contributed by atoms with Crippen molar-refractivity contribution >= 4 is 23.4 Å². The van der Waals surface area contributed by atoms with E-state index in [4.69, 9.17) is 11.6 Å². The fourth-order valence-electron chi connectivity index (χ4n) is 1.18. The van der Waals surface area contributed by atoms with E-state index in [-0.39, 0.29) is 29.9 Å². The lowest BCUT2D eigenvalue weighted by atomic mass is 10.1. The van der Waals surface area contributed by atoms with E-state index in [0.717, 1.165) is 0 Å². The first-order valence-corrected chi connectivity index (χ1v) is 5.01. The zero-order chi connectivity index (χ0) is 12.1. The Kier molecular flexibility index (Phi) is 4.31. The molecular formula is C11H11ClO4. The van der Waals surface area contributed by atoms with Crippen LogP contribution in [0.1, 0.15) is 23.2 Å². The highest BCUT2D eigenvalue weighted by atomic mass is 35.5. The third kappa shape index (κ3) is 3.24. The number of carbonyl (C=O) groups excluding carboxylic acids is 2. The van der Waals surface area contributed by atoms with Crippen LogP contribution in [-0.2, 0) is 9.53 Å². The minimum atomic E-state index is -0.463. The Morgan fingerprint density at radius 3 is 2.69 bits per heavy atom. The van der Waals surface area contributed by atoms with E-state index >= 15 is 0 Å². The number of phenols is 1. The number of ether oxygens (including phenoxy) is 1. The van der Waals surface area contributed by atoms with E-state index in [1.807, 2.05) is 0 Å². The van der Waals surface area contributed by atoms with E-state index < -0.39 is 5.97 Å². The van der Waals surface area contributed by atoms with Gasteiger partial charge in [-0.1, -0.05) is 11.6 Å². The quantitative estimate of drug-likeness (QED) is 0.649. The number of hydrogen-bond acceptors (Lipinski definition) is 4. The van der Waals surface area contributed by atoms with Crippen molar-refractivity contribution in [2.75, 3.05) is 7.11 Å². The summed E-state index contributed by atoms with van der Waals surface area (Å²) in [4.78, 5) is 22.4. The largest absolute Gasteiger partial charge is 0.507 e. The van der Waals surface area contributed by atoms with Gasteiger partial charge in [0.25, 0.3) is 0 Å². The van der Waals surface area contributed by atoms with Crippen molar-refractivity contribution in [3.05, 3.63) is 28.8 Å². The van der Waals surface area contributed by atoms with Crippen LogP contribution in [0.15, 0.2) is 18.2 Å². The van der Waals surface area contributed by atoms with E-state index in [1.165, 1.54) is 25.3 Å². The molecule has 0 bridgehead atoms. The van der Waals surface area contributed by atoms with Crippen molar-refractivity contribution in [1.82, 2.24) is 0 Å². The molecule has 0 amide bonds. The molecule has 0 aliphatic heterocycles. The van der Waals surface area contributed by atoms with Crippen LogP contribution in [0.4, 0.5) is 0 Å². The number of benzene rings is 1. The van der Waals surface area contributed by atoms with E-state index in [0.29, 0.717) is 5.02 Å². The summed E-state index contributed by atoms with van der Waals surface area (Å²) < 4.78 is 4.41. The van der Waals surface area contributed by atoms with Gasteiger partial charge in [0, 0.05) is 11.4 Å². The second-order valence-corrected chi connectivity index (χ2v) is 3.60. The zero-order valence-electron chi connectivity index (χ0n) is 8.70. The number of Topliss-reactive ketones (excluding diaryl/α,β-unsaturated/α-hetero) is 1. The van der Waals surface area contributed by atoms with Crippen LogP contribution in [0.25, 0.3) is 0 Å². The van der Waals surface area contributed by atoms with E-state index in [9.17, 15) is 14.7 Å². The lowest BCUT2D eigenvalue weighted by molar-refractivity contribution is -0.140. The molecule has 1 N–H and O–H groups in total. The summed E-state index contributed by atoms with van der Waals surface area (Å²) in [5.41, 5.74) is 0.122. The lowest BCUT2D eigenvalue weighted by Gasteiger charge is -2.03. The molecule has 5 heteroatoms. The summed E-state index contributed by atoms with van der Waals surface area (Å²) >= 11 is 5.70. The van der Waals surface area contributed by atoms with Crippen LogP contribution in [0.2, 0.25) is 5.02 Å². The first-order chi connectivity index (χ1) is 7.54. The van der Waals surface area contributed by atoms with Crippen LogP contribution >= 0.6 is 11.6 Å². The molecule has 0 aliphatic carbocycles. The van der Waals surface area contributed by atoms with Gasteiger partial charge < -0.3 is 9.84 Å². The van der Waals surface area contributed by atoms with Crippen molar-refractivity contribution in [2.24, 2.45) is 0 Å². The minimum absolute atomic E-state index is 0.0126. The average Bonchev–Trinajstić information content (AvgIpc) is 2.28. The highest BCUT2D eigenvalue weighted by Crippen LogP contribution is 2.23. The molecular weight excluding hydrogens is 232 g/mol. The van der Waals surface area contributed by atoms with Gasteiger partial charge in [-0.25, -0.2) is 0 Å². The third-order valence-corrected chi connectivity index (χ3v) is 2.28. The molecule has 1 rings (SSSR count). The highest BCUT2D eigenvalue weighted by molar-refractivity contribution is 6.31. The number of hydrogen-bond donors (Lipinski definition) is 1. The molecule has 86 valence electrons. The van der Waals surface area contributed by atoms with Gasteiger partial charge in [-0.2, -0.15) is 0 Å². The molecule has 1 aromatic carbocycles. The Morgan fingerprint density at radius 2 is 2.06 bits per heavy atom. The van der Waals surface area contributed by atoms with Gasteiger partial charge in [-0.3, -0.25) is 9.59 Å². The first kappa shape index (κ1) is 12.5. The molecule has 0 unspecified atom stereocenters. The fraction of sp³-hybridized carbons (Fsp3) is 0.273. The maximum absolute atomic E-state index is 11.6. The standard InChI is InChI=1S/C11H11ClO4/c1-16-11(15)5-4-10(14)8-6-7(12)2-3-9(8)13/h2-3,6,13H,4-5H2,1H3. The highest BCUT2D eigenvalue weighted by Gasteiger charge is 2.13. The van der Waals surface area contributed by atoms with Crippen molar-refractivity contribution in [3.8, 4) is 5.75 Å². The molecule has 4 nitrogen and oxygen atoms in total. The number of methoxy groups -OCH3 is 1. The Balaban J connectivity index is 2.73. The van der Waals surface area contributed by atoms with Crippen LogP contribution in [-0.4, -0.2) is 24.0 Å². The molecule has 0 atom stereocenters. The summed E-state index contributed by atoms with van der Waals surface area (Å²) in [6.45, 7) is 0. The SMILES string of the molecule is COC(=O)CCC(=O)c1cc(Cl)ccc1O. The second-order valence-electron chi connectivity index (χ2n) is 3.16. The molecule has 1 aromatic rings. The predicted molar refractivity (Wildman–Crippen MR) is 58.7 cm³/mol. The summed E-state index contributed by atoms with van der Waals surface area (Å²) in [6.07, 6.45) is -0.0259. The summed E-state index contributed by atoms with van der Waals surface area (Å²) in [7, 11) is 1.25. The molecule has 0 heterocycles. The number of halogens is 1. The fourth-order valence-corrected chi connectivity index (χ4v) is 1.36. The molecule has 0 aromatic heterocycles. The molecule has 0 fully saturated rings. The maximum Gasteiger partial charge on any atom is 0.305 e. The number of esters is 1. The van der Waals surface area contributed by atoms with Crippen LogP contribution < -0.4 is 0 Å². The zero-order valence-corrected chi connectivity index (χ0v) is 9.45. The molecule has 0 aliphatic rings. The van der Waals surface area contributed by atoms with Gasteiger partial charge >= 0.3 is 5.97 Å². The van der Waals surface area contributed by atoms with Crippen LogP contribution in [0, 0.1) is 0 Å². The van der Waals surface area contributed by atoms with Crippen LogP contribution in [0.5, 0.6) is 5.75 Å². The number of phenolic OH excluding ortho intramolecular Hbond substituents is 1. The number of aromatic hydroxyl groups is 1. The van der Waals surface area contributed by atoms with Crippen molar-refractivity contribution in [2.45, 2.75) is 12.8 Å². The molecule has 0 spiro atoms. The van der Waals surface area contributed by atoms with E-state index in [1.54, 1.807) is 0 Å². The summed E-state index contributed by atoms with van der Waals surface area (Å²) in [5.74, 6) is -0.945. The predicted octanol–water partition coefficient (Wildman–Crippen LogP) is 2.18. The maximum atomic E-state index is 11.6. The normalized spacial score (nSPS) is 9.88.